The highest BCUT2D eigenvalue weighted by atomic mass is 35.5. The molecule has 2 rings (SSSR count). The molecule has 1 aliphatic carbocycles. The standard InChI is InChI=1S/C12H13ClNO5P/c13-9-5-2-1-4-8(9)12(14)7-3-6-10(11(12)15)18-19-20(16)17/h1-2,4-5,10H,3,6-7,14H2/p+1/t10-,12+/m0/s1. The van der Waals surface area contributed by atoms with Crippen LogP contribution in [0.3, 0.4) is 0 Å². The molecule has 1 aromatic carbocycles. The van der Waals surface area contributed by atoms with Crippen LogP contribution in [-0.2, 0) is 24.5 Å². The maximum absolute atomic E-state index is 12.4. The number of Topliss-reactive ketones (excluding diaryl/α,β-unsaturated/α-hetero) is 1. The Morgan fingerprint density at radius 2 is 2.15 bits per heavy atom. The van der Waals surface area contributed by atoms with Crippen molar-refractivity contribution >= 4 is 25.6 Å². The lowest BCUT2D eigenvalue weighted by molar-refractivity contribution is -0.246. The third-order valence-electron chi connectivity index (χ3n) is 3.35. The molecule has 0 aliphatic heterocycles. The third kappa shape index (κ3) is 3.06. The fourth-order valence-electron chi connectivity index (χ4n) is 2.38. The zero-order chi connectivity index (χ0) is 14.8. The van der Waals surface area contributed by atoms with E-state index in [1.807, 2.05) is 0 Å². The predicted octanol–water partition coefficient (Wildman–Crippen LogP) is 2.21. The highest BCUT2D eigenvalue weighted by Gasteiger charge is 2.46. The van der Waals surface area contributed by atoms with Gasteiger partial charge in [-0.2, -0.15) is 4.89 Å². The zero-order valence-corrected chi connectivity index (χ0v) is 12.1. The number of nitrogens with two attached hydrogens (primary N) is 1. The van der Waals surface area contributed by atoms with E-state index >= 15 is 0 Å². The summed E-state index contributed by atoms with van der Waals surface area (Å²) >= 11 is 6.10. The van der Waals surface area contributed by atoms with Gasteiger partial charge in [-0.15, -0.1) is 4.89 Å². The average Bonchev–Trinajstić information content (AvgIpc) is 2.41. The van der Waals surface area contributed by atoms with Crippen LogP contribution in [0.1, 0.15) is 24.8 Å². The minimum atomic E-state index is -2.93. The first kappa shape index (κ1) is 15.5. The van der Waals surface area contributed by atoms with E-state index in [-0.39, 0.29) is 0 Å². The first-order valence-electron chi connectivity index (χ1n) is 6.03. The molecule has 0 radical (unpaired) electrons. The third-order valence-corrected chi connectivity index (χ3v) is 3.89. The van der Waals surface area contributed by atoms with Crippen LogP contribution >= 0.6 is 19.9 Å². The second-order valence-corrected chi connectivity index (χ2v) is 5.64. The molecule has 3 atom stereocenters. The van der Waals surface area contributed by atoms with Gasteiger partial charge in [0.1, 0.15) is 5.54 Å². The molecule has 3 N–H and O–H groups in total. The SMILES string of the molecule is N[C@@]1(c2ccccc2Cl)CCC[C@H](OO[P+](=O)O)C1=O. The molecule has 1 aliphatic rings. The molecular formula is C12H14ClNO5P+. The van der Waals surface area contributed by atoms with Crippen molar-refractivity contribution in [1.29, 1.82) is 0 Å². The van der Waals surface area contributed by atoms with Gasteiger partial charge < -0.3 is 5.73 Å². The summed E-state index contributed by atoms with van der Waals surface area (Å²) in [7, 11) is -2.93. The number of hydrogen-bond donors (Lipinski definition) is 2. The van der Waals surface area contributed by atoms with Crippen LogP contribution in [0.15, 0.2) is 24.3 Å². The van der Waals surface area contributed by atoms with Gasteiger partial charge in [-0.3, -0.25) is 4.79 Å². The predicted molar refractivity (Wildman–Crippen MR) is 72.0 cm³/mol. The molecule has 1 saturated carbocycles. The summed E-state index contributed by atoms with van der Waals surface area (Å²) in [5.74, 6) is -0.409. The molecule has 0 amide bonds. The summed E-state index contributed by atoms with van der Waals surface area (Å²) in [6, 6.07) is 6.84. The van der Waals surface area contributed by atoms with Gasteiger partial charge in [-0.1, -0.05) is 29.8 Å². The van der Waals surface area contributed by atoms with Crippen LogP contribution in [-0.4, -0.2) is 16.8 Å². The lowest BCUT2D eigenvalue weighted by Crippen LogP contribution is -2.53. The molecule has 108 valence electrons. The Morgan fingerprint density at radius 3 is 2.80 bits per heavy atom. The summed E-state index contributed by atoms with van der Waals surface area (Å²) in [4.78, 5) is 25.7. The minimum Gasteiger partial charge on any atom is -0.315 e. The Hall–Kier alpha value is -0.880. The topological polar surface area (TPSA) is 98.8 Å². The van der Waals surface area contributed by atoms with Crippen molar-refractivity contribution in [2.75, 3.05) is 0 Å². The first-order chi connectivity index (χ1) is 9.45. The lowest BCUT2D eigenvalue weighted by atomic mass is 9.75. The number of hydrogen-bond acceptors (Lipinski definition) is 5. The second kappa shape index (κ2) is 6.26. The van der Waals surface area contributed by atoms with E-state index in [0.29, 0.717) is 29.8 Å². The van der Waals surface area contributed by atoms with Crippen molar-refractivity contribution < 1.29 is 23.8 Å². The zero-order valence-electron chi connectivity index (χ0n) is 10.5. The minimum absolute atomic E-state index is 0.380. The molecule has 0 bridgehead atoms. The van der Waals surface area contributed by atoms with Gasteiger partial charge in [0.05, 0.1) is 4.67 Å². The number of ketones is 1. The average molecular weight is 319 g/mol. The summed E-state index contributed by atoms with van der Waals surface area (Å²) < 4.78 is 14.6. The first-order valence-corrected chi connectivity index (χ1v) is 7.54. The monoisotopic (exact) mass is 318 g/mol. The van der Waals surface area contributed by atoms with Crippen molar-refractivity contribution in [3.8, 4) is 0 Å². The number of carbonyl (C=O) groups excluding carboxylic acids is 1. The molecule has 0 spiro atoms. The second-order valence-electron chi connectivity index (χ2n) is 4.60. The van der Waals surface area contributed by atoms with Gasteiger partial charge in [-0.25, -0.2) is 0 Å². The van der Waals surface area contributed by atoms with Crippen LogP contribution in [0.25, 0.3) is 0 Å². The van der Waals surface area contributed by atoms with Gasteiger partial charge in [0.15, 0.2) is 11.9 Å². The van der Waals surface area contributed by atoms with E-state index in [9.17, 15) is 9.36 Å². The Balaban J connectivity index is 2.25. The highest BCUT2D eigenvalue weighted by Crippen LogP contribution is 2.37. The summed E-state index contributed by atoms with van der Waals surface area (Å²) in [5, 5.41) is 0.401. The lowest BCUT2D eigenvalue weighted by Gasteiger charge is -2.35. The van der Waals surface area contributed by atoms with E-state index < -0.39 is 25.7 Å². The van der Waals surface area contributed by atoms with Gasteiger partial charge in [-0.05, 0) is 30.9 Å². The van der Waals surface area contributed by atoms with E-state index in [4.69, 9.17) is 27.1 Å². The fourth-order valence-corrected chi connectivity index (χ4v) is 2.86. The number of carbonyl (C=O) groups is 1. The van der Waals surface area contributed by atoms with Crippen LogP contribution in [0.2, 0.25) is 5.02 Å². The number of rotatable bonds is 4. The summed E-state index contributed by atoms with van der Waals surface area (Å²) in [6.45, 7) is 0. The van der Waals surface area contributed by atoms with E-state index in [2.05, 4.69) is 4.67 Å². The van der Waals surface area contributed by atoms with E-state index in [0.717, 1.165) is 0 Å². The Morgan fingerprint density at radius 1 is 1.45 bits per heavy atom. The van der Waals surface area contributed by atoms with Crippen molar-refractivity contribution in [2.24, 2.45) is 5.73 Å². The molecule has 8 heteroatoms. The quantitative estimate of drug-likeness (QED) is 0.501. The highest BCUT2D eigenvalue weighted by molar-refractivity contribution is 7.31. The summed E-state index contributed by atoms with van der Waals surface area (Å²) in [5.41, 5.74) is 5.47. The molecule has 1 aromatic rings. The van der Waals surface area contributed by atoms with Crippen LogP contribution < -0.4 is 5.73 Å². The molecule has 0 saturated heterocycles. The van der Waals surface area contributed by atoms with Gasteiger partial charge in [0, 0.05) is 9.59 Å². The Kier molecular flexibility index (Phi) is 4.86. The van der Waals surface area contributed by atoms with Crippen molar-refractivity contribution in [3.63, 3.8) is 0 Å². The largest absolute Gasteiger partial charge is 0.726 e. The van der Waals surface area contributed by atoms with Crippen LogP contribution in [0, 0.1) is 0 Å². The van der Waals surface area contributed by atoms with E-state index in [1.54, 1.807) is 24.3 Å². The number of halogens is 1. The van der Waals surface area contributed by atoms with Gasteiger partial charge >= 0.3 is 8.25 Å². The van der Waals surface area contributed by atoms with Crippen LogP contribution in [0.5, 0.6) is 0 Å². The maximum atomic E-state index is 12.4. The number of benzene rings is 1. The molecule has 1 fully saturated rings. The van der Waals surface area contributed by atoms with Crippen molar-refractivity contribution in [3.05, 3.63) is 34.9 Å². The molecule has 0 heterocycles. The normalized spacial score (nSPS) is 27.4. The molecule has 20 heavy (non-hydrogen) atoms. The van der Waals surface area contributed by atoms with Gasteiger partial charge in [0.25, 0.3) is 0 Å². The Bertz CT molecular complexity index is 540. The molecular weight excluding hydrogens is 305 g/mol. The van der Waals surface area contributed by atoms with E-state index in [1.165, 1.54) is 0 Å². The smallest absolute Gasteiger partial charge is 0.315 e. The van der Waals surface area contributed by atoms with Crippen molar-refractivity contribution in [1.82, 2.24) is 0 Å². The Labute approximate surface area is 121 Å². The maximum Gasteiger partial charge on any atom is 0.726 e. The molecule has 0 aromatic heterocycles. The molecule has 1 unspecified atom stereocenters. The van der Waals surface area contributed by atoms with Crippen molar-refractivity contribution in [2.45, 2.75) is 30.9 Å². The fraction of sp³-hybridized carbons (Fsp3) is 0.417. The summed E-state index contributed by atoms with van der Waals surface area (Å²) in [6.07, 6.45) is 0.451. The van der Waals surface area contributed by atoms with Gasteiger partial charge in [0.2, 0.25) is 0 Å². The molecule has 6 nitrogen and oxygen atoms in total. The van der Waals surface area contributed by atoms with Crippen LogP contribution in [0.4, 0.5) is 0 Å².